The van der Waals surface area contributed by atoms with Gasteiger partial charge in [-0.05, 0) is 61.9 Å². The van der Waals surface area contributed by atoms with E-state index in [1.807, 2.05) is 30.5 Å². The summed E-state index contributed by atoms with van der Waals surface area (Å²) in [7, 11) is 1.58. The number of benzene rings is 1. The smallest absolute Gasteiger partial charge is 0.156 e. The van der Waals surface area contributed by atoms with Crippen molar-refractivity contribution in [3.8, 4) is 16.9 Å². The lowest BCUT2D eigenvalue weighted by molar-refractivity contribution is 0.183. The molecule has 1 atom stereocenters. The van der Waals surface area contributed by atoms with Crippen molar-refractivity contribution in [2.45, 2.75) is 25.3 Å². The highest BCUT2D eigenvalue weighted by Crippen LogP contribution is 2.31. The van der Waals surface area contributed by atoms with Crippen molar-refractivity contribution >= 4 is 5.65 Å². The lowest BCUT2D eigenvalue weighted by Gasteiger charge is -2.30. The number of piperidine rings is 1. The largest absolute Gasteiger partial charge is 0.496 e. The second kappa shape index (κ2) is 7.91. The minimum absolute atomic E-state index is 0.278. The fraction of sp³-hybridized carbons (Fsp3) is 0.304. The Morgan fingerprint density at radius 1 is 1.23 bits per heavy atom. The van der Waals surface area contributed by atoms with Crippen LogP contribution in [0.1, 0.15) is 30.3 Å². The van der Waals surface area contributed by atoms with Gasteiger partial charge in [0.05, 0.1) is 19.9 Å². The molecule has 0 amide bonds. The van der Waals surface area contributed by atoms with E-state index in [1.165, 1.54) is 12.1 Å². The van der Waals surface area contributed by atoms with Crippen molar-refractivity contribution < 1.29 is 13.5 Å². The van der Waals surface area contributed by atoms with E-state index in [2.05, 4.69) is 4.90 Å². The van der Waals surface area contributed by atoms with Crippen LogP contribution >= 0.6 is 0 Å². The fourth-order valence-electron chi connectivity index (χ4n) is 4.17. The zero-order valence-corrected chi connectivity index (χ0v) is 16.8. The van der Waals surface area contributed by atoms with Crippen LogP contribution in [-0.2, 0) is 6.54 Å². The van der Waals surface area contributed by atoms with E-state index >= 15 is 0 Å². The average Bonchev–Trinajstić information content (AvgIpc) is 3.43. The van der Waals surface area contributed by atoms with E-state index in [1.54, 1.807) is 24.0 Å². The summed E-state index contributed by atoms with van der Waals surface area (Å²) < 4.78 is 26.5. The van der Waals surface area contributed by atoms with E-state index in [4.69, 9.17) is 19.2 Å². The average molecular weight is 406 g/mol. The maximum absolute atomic E-state index is 13.8. The van der Waals surface area contributed by atoms with Crippen molar-refractivity contribution in [2.24, 2.45) is 0 Å². The van der Waals surface area contributed by atoms with Crippen LogP contribution in [0.4, 0.5) is 4.39 Å². The van der Waals surface area contributed by atoms with E-state index in [0.717, 1.165) is 55.3 Å². The Balaban J connectivity index is 1.41. The summed E-state index contributed by atoms with van der Waals surface area (Å²) in [5.74, 6) is 2.43. The number of aromatic nitrogens is 3. The molecular formula is C23H23FN4O2. The van der Waals surface area contributed by atoms with Gasteiger partial charge in [0, 0.05) is 29.8 Å². The number of rotatable bonds is 5. The predicted molar refractivity (Wildman–Crippen MR) is 111 cm³/mol. The lowest BCUT2D eigenvalue weighted by Crippen LogP contribution is -2.34. The number of furan rings is 1. The van der Waals surface area contributed by atoms with Crippen molar-refractivity contribution in [2.75, 3.05) is 20.2 Å². The van der Waals surface area contributed by atoms with Gasteiger partial charge in [-0.3, -0.25) is 4.90 Å². The van der Waals surface area contributed by atoms with Crippen LogP contribution in [0.3, 0.4) is 0 Å². The second-order valence-electron chi connectivity index (χ2n) is 7.69. The topological polar surface area (TPSA) is 55.8 Å². The van der Waals surface area contributed by atoms with Gasteiger partial charge in [-0.25, -0.2) is 13.9 Å². The number of hydrogen-bond acceptors (Lipinski definition) is 5. The number of halogens is 1. The van der Waals surface area contributed by atoms with Crippen LogP contribution in [0.15, 0.2) is 59.3 Å². The molecule has 1 aliphatic heterocycles. The lowest BCUT2D eigenvalue weighted by atomic mass is 9.97. The van der Waals surface area contributed by atoms with Crippen LogP contribution in [0.5, 0.6) is 5.75 Å². The van der Waals surface area contributed by atoms with Gasteiger partial charge in [0.15, 0.2) is 11.5 Å². The third kappa shape index (κ3) is 3.68. The first-order valence-electron chi connectivity index (χ1n) is 10.1. The monoisotopic (exact) mass is 406 g/mol. The van der Waals surface area contributed by atoms with Crippen molar-refractivity contribution in [1.82, 2.24) is 19.5 Å². The van der Waals surface area contributed by atoms with Crippen LogP contribution in [0.25, 0.3) is 16.8 Å². The molecule has 4 heterocycles. The van der Waals surface area contributed by atoms with Crippen molar-refractivity contribution in [1.29, 1.82) is 0 Å². The molecule has 0 unspecified atom stereocenters. The van der Waals surface area contributed by atoms with Crippen molar-refractivity contribution in [3.05, 3.63) is 72.3 Å². The summed E-state index contributed by atoms with van der Waals surface area (Å²) in [6.07, 6.45) is 5.76. The van der Waals surface area contributed by atoms with Gasteiger partial charge in [-0.2, -0.15) is 5.10 Å². The van der Waals surface area contributed by atoms with Gasteiger partial charge >= 0.3 is 0 Å². The summed E-state index contributed by atoms with van der Waals surface area (Å²) in [5.41, 5.74) is 2.31. The Kier molecular flexibility index (Phi) is 4.96. The molecule has 7 heteroatoms. The third-order valence-corrected chi connectivity index (χ3v) is 5.65. The fourth-order valence-corrected chi connectivity index (χ4v) is 4.17. The maximum Gasteiger partial charge on any atom is 0.156 e. The molecule has 0 aliphatic carbocycles. The first-order chi connectivity index (χ1) is 14.7. The number of pyridine rings is 1. The summed E-state index contributed by atoms with van der Waals surface area (Å²) >= 11 is 0. The zero-order chi connectivity index (χ0) is 20.5. The van der Waals surface area contributed by atoms with E-state index in [-0.39, 0.29) is 11.7 Å². The number of likely N-dealkylation sites (tertiary alicyclic amines) is 1. The van der Waals surface area contributed by atoms with Crippen LogP contribution in [0, 0.1) is 5.82 Å². The summed E-state index contributed by atoms with van der Waals surface area (Å²) in [4.78, 5) is 7.15. The zero-order valence-electron chi connectivity index (χ0n) is 16.8. The van der Waals surface area contributed by atoms with E-state index < -0.39 is 0 Å². The molecule has 0 radical (unpaired) electrons. The molecule has 154 valence electrons. The molecule has 30 heavy (non-hydrogen) atoms. The summed E-state index contributed by atoms with van der Waals surface area (Å²) in [5, 5.41) is 4.75. The van der Waals surface area contributed by atoms with Gasteiger partial charge in [-0.1, -0.05) is 0 Å². The molecule has 0 spiro atoms. The van der Waals surface area contributed by atoms with E-state index in [0.29, 0.717) is 11.3 Å². The summed E-state index contributed by atoms with van der Waals surface area (Å²) in [6, 6.07) is 12.3. The molecule has 4 aromatic rings. The standard InChI is InChI=1S/C23H23FN4O2/c1-29-21-8-7-18(24)12-20(21)16-6-9-22-25-23(26-28(22)14-16)17-4-2-10-27(13-17)15-19-5-3-11-30-19/h3,5-9,11-12,14,17H,2,4,10,13,15H2,1H3/t17-/m1/s1. The molecule has 0 saturated carbocycles. The normalized spacial score (nSPS) is 17.5. The molecule has 0 bridgehead atoms. The Hall–Kier alpha value is -3.19. The SMILES string of the molecule is COc1ccc(F)cc1-c1ccc2nc([C@@H]3CCCN(Cc4ccco4)C3)nn2c1. The molecule has 3 aromatic heterocycles. The Morgan fingerprint density at radius 3 is 3.00 bits per heavy atom. The molecule has 5 rings (SSSR count). The number of hydrogen-bond donors (Lipinski definition) is 0. The Bertz CT molecular complexity index is 1160. The van der Waals surface area contributed by atoms with Crippen LogP contribution in [0.2, 0.25) is 0 Å². The highest BCUT2D eigenvalue weighted by atomic mass is 19.1. The van der Waals surface area contributed by atoms with Gasteiger partial charge in [-0.15, -0.1) is 0 Å². The maximum atomic E-state index is 13.8. The third-order valence-electron chi connectivity index (χ3n) is 5.65. The Morgan fingerprint density at radius 2 is 2.17 bits per heavy atom. The van der Waals surface area contributed by atoms with Crippen molar-refractivity contribution in [3.63, 3.8) is 0 Å². The molecule has 1 saturated heterocycles. The van der Waals surface area contributed by atoms with Gasteiger partial charge in [0.25, 0.3) is 0 Å². The van der Waals surface area contributed by atoms with E-state index in [9.17, 15) is 4.39 Å². The minimum Gasteiger partial charge on any atom is -0.496 e. The molecule has 6 nitrogen and oxygen atoms in total. The number of ether oxygens (including phenoxy) is 1. The number of fused-ring (bicyclic) bond motifs is 1. The van der Waals surface area contributed by atoms with Gasteiger partial charge in [0.1, 0.15) is 17.3 Å². The predicted octanol–water partition coefficient (Wildman–Crippen LogP) is 4.52. The Labute approximate surface area is 173 Å². The van der Waals surface area contributed by atoms with Gasteiger partial charge in [0.2, 0.25) is 0 Å². The highest BCUT2D eigenvalue weighted by Gasteiger charge is 2.25. The minimum atomic E-state index is -0.302. The second-order valence-corrected chi connectivity index (χ2v) is 7.69. The van der Waals surface area contributed by atoms with Crippen LogP contribution in [-0.4, -0.2) is 39.7 Å². The first kappa shape index (κ1) is 18.8. The number of methoxy groups -OCH3 is 1. The highest BCUT2D eigenvalue weighted by molar-refractivity contribution is 5.71. The molecule has 1 fully saturated rings. The molecule has 0 N–H and O–H groups in total. The van der Waals surface area contributed by atoms with Crippen LogP contribution < -0.4 is 4.74 Å². The molecular weight excluding hydrogens is 383 g/mol. The molecule has 1 aromatic carbocycles. The first-order valence-corrected chi connectivity index (χ1v) is 10.1. The quantitative estimate of drug-likeness (QED) is 0.488. The van der Waals surface area contributed by atoms with Gasteiger partial charge < -0.3 is 9.15 Å². The molecule has 1 aliphatic rings. The number of nitrogens with zero attached hydrogens (tertiary/aromatic N) is 4. The summed E-state index contributed by atoms with van der Waals surface area (Å²) in [6.45, 7) is 2.76.